The zero-order valence-electron chi connectivity index (χ0n) is 26.3. The Hall–Kier alpha value is -4.71. The van der Waals surface area contributed by atoms with Crippen molar-refractivity contribution in [3.8, 4) is 11.5 Å². The fourth-order valence-electron chi connectivity index (χ4n) is 5.30. The maximum absolute atomic E-state index is 13.9. The molecule has 47 heavy (non-hydrogen) atoms. The number of rotatable bonds is 14. The van der Waals surface area contributed by atoms with Crippen LogP contribution in [0.2, 0.25) is 0 Å². The van der Waals surface area contributed by atoms with Gasteiger partial charge in [0.05, 0.1) is 25.2 Å². The monoisotopic (exact) mass is 657 g/mol. The van der Waals surface area contributed by atoms with E-state index in [4.69, 9.17) is 14.2 Å². The van der Waals surface area contributed by atoms with E-state index < -0.39 is 22.0 Å². The molecule has 2 amide bonds. The third kappa shape index (κ3) is 8.97. The molecule has 1 fully saturated rings. The molecule has 4 aromatic carbocycles. The second-order valence-corrected chi connectivity index (χ2v) is 12.9. The third-order valence-electron chi connectivity index (χ3n) is 7.86. The number of nitrogens with one attached hydrogen (secondary N) is 1. The van der Waals surface area contributed by atoms with Gasteiger partial charge in [-0.3, -0.25) is 9.59 Å². The van der Waals surface area contributed by atoms with Crippen molar-refractivity contribution in [2.24, 2.45) is 0 Å². The highest BCUT2D eigenvalue weighted by Crippen LogP contribution is 2.25. The van der Waals surface area contributed by atoms with E-state index in [0.717, 1.165) is 16.9 Å². The van der Waals surface area contributed by atoms with Crippen molar-refractivity contribution in [2.75, 3.05) is 46.6 Å². The van der Waals surface area contributed by atoms with Gasteiger partial charge in [-0.05, 0) is 59.5 Å². The number of amides is 2. The summed E-state index contributed by atoms with van der Waals surface area (Å²) in [6, 6.07) is 31.4. The van der Waals surface area contributed by atoms with Gasteiger partial charge < -0.3 is 24.4 Å². The second kappa shape index (κ2) is 16.2. The van der Waals surface area contributed by atoms with Gasteiger partial charge in [0.2, 0.25) is 15.9 Å². The summed E-state index contributed by atoms with van der Waals surface area (Å²) in [6.45, 7) is 1.49. The predicted octanol–water partition coefficient (Wildman–Crippen LogP) is 4.22. The van der Waals surface area contributed by atoms with Crippen LogP contribution in [0, 0.1) is 0 Å². The van der Waals surface area contributed by atoms with Crippen LogP contribution in [0.1, 0.15) is 22.7 Å². The lowest BCUT2D eigenvalue weighted by Crippen LogP contribution is -2.45. The lowest BCUT2D eigenvalue weighted by atomic mass is 10.0. The van der Waals surface area contributed by atoms with Crippen molar-refractivity contribution in [2.45, 2.75) is 23.9 Å². The number of morpholine rings is 1. The molecule has 11 heteroatoms. The minimum Gasteiger partial charge on any atom is -0.497 e. The van der Waals surface area contributed by atoms with E-state index in [1.54, 1.807) is 7.11 Å². The molecule has 1 N–H and O–H groups in total. The standard InChI is InChI=1S/C36H39N3O7S/c1-44-31-14-12-28(13-15-31)20-21-37-36(41)35(30-10-6-3-7-11-30)39(26-29-8-4-2-5-9-29)34(40)27-46-32-16-18-33(19-17-32)47(42,43)38-22-24-45-25-23-38/h2-19,35H,20-27H2,1H3,(H,37,41)/t35-/m1/s1. The van der Waals surface area contributed by atoms with Gasteiger partial charge in [-0.2, -0.15) is 4.31 Å². The molecular formula is C36H39N3O7S. The first-order chi connectivity index (χ1) is 22.8. The van der Waals surface area contributed by atoms with Crippen molar-refractivity contribution in [3.63, 3.8) is 0 Å². The lowest BCUT2D eigenvalue weighted by molar-refractivity contribution is -0.143. The Labute approximate surface area is 275 Å². The first kappa shape index (κ1) is 33.6. The number of ether oxygens (including phenoxy) is 3. The molecule has 10 nitrogen and oxygen atoms in total. The summed E-state index contributed by atoms with van der Waals surface area (Å²) >= 11 is 0. The number of carbonyl (C=O) groups is 2. The summed E-state index contributed by atoms with van der Waals surface area (Å²) in [5.41, 5.74) is 2.55. The average Bonchev–Trinajstić information content (AvgIpc) is 3.12. The number of benzene rings is 4. The molecule has 0 spiro atoms. The van der Waals surface area contributed by atoms with Crippen molar-refractivity contribution >= 4 is 21.8 Å². The second-order valence-electron chi connectivity index (χ2n) is 11.0. The van der Waals surface area contributed by atoms with Crippen LogP contribution in [0.15, 0.2) is 114 Å². The minimum absolute atomic E-state index is 0.138. The van der Waals surface area contributed by atoms with Gasteiger partial charge in [-0.25, -0.2) is 8.42 Å². The number of nitrogens with zero attached hydrogens (tertiary/aromatic N) is 2. The first-order valence-electron chi connectivity index (χ1n) is 15.4. The van der Waals surface area contributed by atoms with E-state index in [9.17, 15) is 18.0 Å². The molecule has 1 aliphatic heterocycles. The molecule has 1 saturated heterocycles. The van der Waals surface area contributed by atoms with Crippen LogP contribution < -0.4 is 14.8 Å². The summed E-state index contributed by atoms with van der Waals surface area (Å²) in [7, 11) is -2.05. The summed E-state index contributed by atoms with van der Waals surface area (Å²) in [4.78, 5) is 29.5. The molecule has 5 rings (SSSR count). The maximum Gasteiger partial charge on any atom is 0.261 e. The Balaban J connectivity index is 1.32. The van der Waals surface area contributed by atoms with Crippen LogP contribution in [-0.4, -0.2) is 76.0 Å². The molecule has 4 aromatic rings. The molecule has 0 bridgehead atoms. The summed E-state index contributed by atoms with van der Waals surface area (Å²) in [5.74, 6) is 0.372. The fraction of sp³-hybridized carbons (Fsp3) is 0.278. The number of methoxy groups -OCH3 is 1. The van der Waals surface area contributed by atoms with Crippen LogP contribution in [0.4, 0.5) is 0 Å². The van der Waals surface area contributed by atoms with Crippen LogP contribution >= 0.6 is 0 Å². The highest BCUT2D eigenvalue weighted by molar-refractivity contribution is 7.89. The molecular weight excluding hydrogens is 618 g/mol. The molecule has 1 atom stereocenters. The highest BCUT2D eigenvalue weighted by Gasteiger charge is 2.32. The Morgan fingerprint density at radius 2 is 1.45 bits per heavy atom. The predicted molar refractivity (Wildman–Crippen MR) is 177 cm³/mol. The van der Waals surface area contributed by atoms with Gasteiger partial charge in [-0.15, -0.1) is 0 Å². The Bertz CT molecular complexity index is 1700. The number of hydrogen-bond acceptors (Lipinski definition) is 7. The quantitative estimate of drug-likeness (QED) is 0.216. The van der Waals surface area contributed by atoms with Gasteiger partial charge in [0, 0.05) is 26.2 Å². The minimum atomic E-state index is -3.67. The van der Waals surface area contributed by atoms with Crippen molar-refractivity contribution in [1.82, 2.24) is 14.5 Å². The van der Waals surface area contributed by atoms with E-state index in [2.05, 4.69) is 5.32 Å². The summed E-state index contributed by atoms with van der Waals surface area (Å²) in [6.07, 6.45) is 0.601. The molecule has 0 aliphatic carbocycles. The molecule has 0 aromatic heterocycles. The average molecular weight is 658 g/mol. The molecule has 0 unspecified atom stereocenters. The highest BCUT2D eigenvalue weighted by atomic mass is 32.2. The zero-order chi connectivity index (χ0) is 33.1. The van der Waals surface area contributed by atoms with E-state index in [-0.39, 0.29) is 24.0 Å². The first-order valence-corrected chi connectivity index (χ1v) is 16.9. The van der Waals surface area contributed by atoms with E-state index in [1.807, 2.05) is 84.9 Å². The van der Waals surface area contributed by atoms with Crippen molar-refractivity contribution in [3.05, 3.63) is 126 Å². The third-order valence-corrected chi connectivity index (χ3v) is 9.77. The molecule has 246 valence electrons. The Kier molecular flexibility index (Phi) is 11.6. The van der Waals surface area contributed by atoms with Crippen molar-refractivity contribution < 1.29 is 32.2 Å². The van der Waals surface area contributed by atoms with Crippen molar-refractivity contribution in [1.29, 1.82) is 0 Å². The smallest absolute Gasteiger partial charge is 0.261 e. The molecule has 1 heterocycles. The SMILES string of the molecule is COc1ccc(CCNC(=O)[C@@H](c2ccccc2)N(Cc2ccccc2)C(=O)COc2ccc(S(=O)(=O)N3CCOCC3)cc2)cc1. The van der Waals surface area contributed by atoms with Gasteiger partial charge >= 0.3 is 0 Å². The van der Waals surface area contributed by atoms with Crippen LogP contribution in [-0.2, 0) is 37.3 Å². The summed E-state index contributed by atoms with van der Waals surface area (Å²) in [5, 5.41) is 3.03. The van der Waals surface area contributed by atoms with Gasteiger partial charge in [-0.1, -0.05) is 72.8 Å². The number of sulfonamides is 1. The molecule has 1 aliphatic rings. The Morgan fingerprint density at radius 3 is 2.09 bits per heavy atom. The van der Waals surface area contributed by atoms with E-state index in [1.165, 1.54) is 33.5 Å². The number of carbonyl (C=O) groups excluding carboxylic acids is 2. The number of hydrogen-bond donors (Lipinski definition) is 1. The maximum atomic E-state index is 13.9. The van der Waals surface area contributed by atoms with Crippen LogP contribution in [0.25, 0.3) is 0 Å². The molecule has 0 radical (unpaired) electrons. The van der Waals surface area contributed by atoms with E-state index >= 15 is 0 Å². The Morgan fingerprint density at radius 1 is 0.830 bits per heavy atom. The van der Waals surface area contributed by atoms with Gasteiger partial charge in [0.1, 0.15) is 17.5 Å². The zero-order valence-corrected chi connectivity index (χ0v) is 27.1. The van der Waals surface area contributed by atoms with Gasteiger partial charge in [0.25, 0.3) is 5.91 Å². The van der Waals surface area contributed by atoms with Crippen LogP contribution in [0.5, 0.6) is 11.5 Å². The molecule has 0 saturated carbocycles. The topological polar surface area (TPSA) is 114 Å². The summed E-state index contributed by atoms with van der Waals surface area (Å²) < 4.78 is 43.8. The fourth-order valence-corrected chi connectivity index (χ4v) is 6.71. The van der Waals surface area contributed by atoms with Crippen LogP contribution in [0.3, 0.4) is 0 Å². The normalized spacial score (nSPS) is 14.1. The largest absolute Gasteiger partial charge is 0.497 e. The lowest BCUT2D eigenvalue weighted by Gasteiger charge is -2.31. The van der Waals surface area contributed by atoms with E-state index in [0.29, 0.717) is 50.6 Å². The van der Waals surface area contributed by atoms with Gasteiger partial charge in [0.15, 0.2) is 6.61 Å².